The Bertz CT molecular complexity index is 732. The average Bonchev–Trinajstić information content (AvgIpc) is 2.60. The topological polar surface area (TPSA) is 75.6 Å². The van der Waals surface area contributed by atoms with Gasteiger partial charge in [0.2, 0.25) is 5.91 Å². The van der Waals surface area contributed by atoms with Gasteiger partial charge in [0.25, 0.3) is 0 Å². The number of hydrogen-bond donors (Lipinski definition) is 2. The van der Waals surface area contributed by atoms with E-state index < -0.39 is 5.97 Å². The van der Waals surface area contributed by atoms with Gasteiger partial charge in [-0.05, 0) is 36.8 Å². The fourth-order valence-corrected chi connectivity index (χ4v) is 3.21. The molecule has 0 spiro atoms. The predicted molar refractivity (Wildman–Crippen MR) is 95.0 cm³/mol. The van der Waals surface area contributed by atoms with Gasteiger partial charge < -0.3 is 15.2 Å². The molecule has 2 aromatic rings. The molecule has 0 saturated carbocycles. The monoisotopic (exact) mass is 345 g/mol. The molecule has 2 rings (SSSR count). The fourth-order valence-electron chi connectivity index (χ4n) is 2.14. The number of para-hydroxylation sites is 1. The third-order valence-electron chi connectivity index (χ3n) is 3.38. The number of hydrogen-bond acceptors (Lipinski definition) is 4. The number of ether oxygens (including phenoxy) is 1. The summed E-state index contributed by atoms with van der Waals surface area (Å²) in [4.78, 5) is 24.4. The van der Waals surface area contributed by atoms with Gasteiger partial charge >= 0.3 is 5.97 Å². The maximum atomic E-state index is 12.5. The fraction of sp³-hybridized carbons (Fsp3) is 0.222. The van der Waals surface area contributed by atoms with Crippen molar-refractivity contribution in [2.75, 3.05) is 12.4 Å². The summed E-state index contributed by atoms with van der Waals surface area (Å²) in [6.07, 6.45) is 0.632. The van der Waals surface area contributed by atoms with Crippen LogP contribution in [0.3, 0.4) is 0 Å². The zero-order valence-corrected chi connectivity index (χ0v) is 14.3. The second-order valence-electron chi connectivity index (χ2n) is 5.04. The van der Waals surface area contributed by atoms with Gasteiger partial charge in [0.15, 0.2) is 0 Å². The molecule has 2 aromatic carbocycles. The maximum Gasteiger partial charge on any atom is 0.335 e. The number of carboxylic acids is 1. The zero-order valence-electron chi connectivity index (χ0n) is 13.5. The first kappa shape index (κ1) is 17.9. The molecule has 0 aliphatic rings. The van der Waals surface area contributed by atoms with E-state index >= 15 is 0 Å². The molecule has 0 fully saturated rings. The first-order valence-corrected chi connectivity index (χ1v) is 8.37. The largest absolute Gasteiger partial charge is 0.496 e. The molecule has 6 heteroatoms. The van der Waals surface area contributed by atoms with E-state index in [4.69, 9.17) is 9.84 Å². The molecule has 0 radical (unpaired) electrons. The van der Waals surface area contributed by atoms with Crippen LogP contribution in [0.15, 0.2) is 53.4 Å². The summed E-state index contributed by atoms with van der Waals surface area (Å²) in [7, 11) is 1.60. The average molecular weight is 345 g/mol. The van der Waals surface area contributed by atoms with E-state index in [9.17, 15) is 9.59 Å². The number of methoxy groups -OCH3 is 1. The zero-order chi connectivity index (χ0) is 17.5. The molecule has 0 saturated heterocycles. The molecule has 2 N–H and O–H groups in total. The van der Waals surface area contributed by atoms with Crippen molar-refractivity contribution in [1.82, 2.24) is 0 Å². The number of rotatable bonds is 7. The first-order chi connectivity index (χ1) is 11.5. The standard InChI is InChI=1S/C18H19NO4S/c1-3-15(24-16-10-5-4-9-14(16)23-2)17(20)19-13-8-6-7-12(11-13)18(21)22/h4-11,15H,3H2,1-2H3,(H,19,20)(H,21,22). The summed E-state index contributed by atoms with van der Waals surface area (Å²) in [5, 5.41) is 11.5. The third kappa shape index (κ3) is 4.52. The molecule has 0 bridgehead atoms. The Hall–Kier alpha value is -2.47. The molecule has 126 valence electrons. The Balaban J connectivity index is 2.11. The maximum absolute atomic E-state index is 12.5. The van der Waals surface area contributed by atoms with Gasteiger partial charge in [0, 0.05) is 5.69 Å². The van der Waals surface area contributed by atoms with Crippen LogP contribution in [0.4, 0.5) is 5.69 Å². The van der Waals surface area contributed by atoms with Crippen molar-refractivity contribution in [2.45, 2.75) is 23.5 Å². The lowest BCUT2D eigenvalue weighted by atomic mass is 10.2. The van der Waals surface area contributed by atoms with E-state index in [1.54, 1.807) is 19.2 Å². The Morgan fingerprint density at radius 3 is 2.62 bits per heavy atom. The Morgan fingerprint density at radius 2 is 1.96 bits per heavy atom. The summed E-state index contributed by atoms with van der Waals surface area (Å²) in [5.41, 5.74) is 0.609. The predicted octanol–water partition coefficient (Wildman–Crippen LogP) is 3.90. The van der Waals surface area contributed by atoms with Crippen LogP contribution in [-0.2, 0) is 4.79 Å². The molecule has 24 heavy (non-hydrogen) atoms. The number of thioether (sulfide) groups is 1. The van der Waals surface area contributed by atoms with Crippen molar-refractivity contribution in [2.24, 2.45) is 0 Å². The molecule has 0 aliphatic heterocycles. The van der Waals surface area contributed by atoms with Crippen LogP contribution in [0.1, 0.15) is 23.7 Å². The number of carboxylic acid groups (broad SMARTS) is 1. The molecule has 5 nitrogen and oxygen atoms in total. The second-order valence-corrected chi connectivity index (χ2v) is 6.29. The van der Waals surface area contributed by atoms with E-state index in [1.807, 2.05) is 31.2 Å². The van der Waals surface area contributed by atoms with E-state index in [0.29, 0.717) is 12.1 Å². The number of anilines is 1. The van der Waals surface area contributed by atoms with Gasteiger partial charge in [-0.3, -0.25) is 4.79 Å². The first-order valence-electron chi connectivity index (χ1n) is 7.49. The minimum atomic E-state index is -1.03. The molecule has 1 unspecified atom stereocenters. The normalized spacial score (nSPS) is 11.6. The van der Waals surface area contributed by atoms with Gasteiger partial charge in [0.05, 0.1) is 22.8 Å². The SMILES string of the molecule is CCC(Sc1ccccc1OC)C(=O)Nc1cccc(C(=O)O)c1. The number of carbonyl (C=O) groups excluding carboxylic acids is 1. The number of amides is 1. The van der Waals surface area contributed by atoms with Crippen LogP contribution in [0.5, 0.6) is 5.75 Å². The van der Waals surface area contributed by atoms with Crippen molar-refractivity contribution in [3.05, 3.63) is 54.1 Å². The summed E-state index contributed by atoms with van der Waals surface area (Å²) in [6, 6.07) is 13.7. The van der Waals surface area contributed by atoms with Crippen LogP contribution in [0.2, 0.25) is 0 Å². The molecule has 0 heterocycles. The lowest BCUT2D eigenvalue weighted by Crippen LogP contribution is -2.24. The Labute approximate surface area is 145 Å². The van der Waals surface area contributed by atoms with Crippen LogP contribution < -0.4 is 10.1 Å². The molecule has 0 aromatic heterocycles. The van der Waals surface area contributed by atoms with Gasteiger partial charge in [-0.1, -0.05) is 25.1 Å². The van der Waals surface area contributed by atoms with Gasteiger partial charge in [-0.2, -0.15) is 0 Å². The highest BCUT2D eigenvalue weighted by Gasteiger charge is 2.20. The summed E-state index contributed by atoms with van der Waals surface area (Å²) in [5.74, 6) is -0.473. The van der Waals surface area contributed by atoms with Crippen LogP contribution in [-0.4, -0.2) is 29.3 Å². The highest BCUT2D eigenvalue weighted by atomic mass is 32.2. The van der Waals surface area contributed by atoms with Crippen molar-refractivity contribution in [1.29, 1.82) is 0 Å². The van der Waals surface area contributed by atoms with Crippen molar-refractivity contribution < 1.29 is 19.4 Å². The lowest BCUT2D eigenvalue weighted by Gasteiger charge is -2.16. The molecule has 0 aliphatic carbocycles. The summed E-state index contributed by atoms with van der Waals surface area (Å²) >= 11 is 1.42. The highest BCUT2D eigenvalue weighted by molar-refractivity contribution is 8.00. The van der Waals surface area contributed by atoms with E-state index in [-0.39, 0.29) is 16.7 Å². The quantitative estimate of drug-likeness (QED) is 0.744. The van der Waals surface area contributed by atoms with E-state index in [0.717, 1.165) is 10.6 Å². The summed E-state index contributed by atoms with van der Waals surface area (Å²) < 4.78 is 5.31. The smallest absolute Gasteiger partial charge is 0.335 e. The number of aromatic carboxylic acids is 1. The minimum absolute atomic E-state index is 0.137. The number of benzene rings is 2. The van der Waals surface area contributed by atoms with Gasteiger partial charge in [-0.15, -0.1) is 11.8 Å². The molecular weight excluding hydrogens is 326 g/mol. The Morgan fingerprint density at radius 1 is 1.21 bits per heavy atom. The second kappa shape index (κ2) is 8.40. The minimum Gasteiger partial charge on any atom is -0.496 e. The van der Waals surface area contributed by atoms with Crippen LogP contribution >= 0.6 is 11.8 Å². The number of nitrogens with one attached hydrogen (secondary N) is 1. The van der Waals surface area contributed by atoms with E-state index in [2.05, 4.69) is 5.32 Å². The van der Waals surface area contributed by atoms with Crippen molar-refractivity contribution >= 4 is 29.3 Å². The number of carbonyl (C=O) groups is 2. The van der Waals surface area contributed by atoms with Crippen molar-refractivity contribution in [3.63, 3.8) is 0 Å². The molecular formula is C18H19NO4S. The Kier molecular flexibility index (Phi) is 6.26. The van der Waals surface area contributed by atoms with Crippen LogP contribution in [0.25, 0.3) is 0 Å². The van der Waals surface area contributed by atoms with E-state index in [1.165, 1.54) is 23.9 Å². The third-order valence-corrected chi connectivity index (χ3v) is 4.80. The lowest BCUT2D eigenvalue weighted by molar-refractivity contribution is -0.115. The van der Waals surface area contributed by atoms with Crippen LogP contribution in [0, 0.1) is 0 Å². The molecule has 1 amide bonds. The van der Waals surface area contributed by atoms with Crippen molar-refractivity contribution in [3.8, 4) is 5.75 Å². The highest BCUT2D eigenvalue weighted by Crippen LogP contribution is 2.33. The molecule has 1 atom stereocenters. The van der Waals surface area contributed by atoms with Gasteiger partial charge in [0.1, 0.15) is 5.75 Å². The van der Waals surface area contributed by atoms with Gasteiger partial charge in [-0.25, -0.2) is 4.79 Å². The summed E-state index contributed by atoms with van der Waals surface area (Å²) in [6.45, 7) is 1.93.